The van der Waals surface area contributed by atoms with Crippen molar-refractivity contribution < 1.29 is 14.3 Å². The molecule has 0 atom stereocenters. The summed E-state index contributed by atoms with van der Waals surface area (Å²) in [4.78, 5) is 14.5. The first-order chi connectivity index (χ1) is 8.16. The van der Waals surface area contributed by atoms with Crippen molar-refractivity contribution in [2.24, 2.45) is 0 Å². The molecular formula is C13H13NO3. The Balaban J connectivity index is 2.18. The van der Waals surface area contributed by atoms with Crippen LogP contribution >= 0.6 is 0 Å². The molecule has 2 rings (SSSR count). The lowest BCUT2D eigenvalue weighted by atomic mass is 10.1. The van der Waals surface area contributed by atoms with Crippen LogP contribution in [0.25, 0.3) is 11.3 Å². The van der Waals surface area contributed by atoms with E-state index in [2.05, 4.69) is 4.98 Å². The molecule has 4 heteroatoms. The van der Waals surface area contributed by atoms with Gasteiger partial charge in [-0.05, 0) is 12.5 Å². The zero-order valence-electron chi connectivity index (χ0n) is 9.51. The standard InChI is InChI=1S/C13H13NO3/c1-9-4-2-3-5-10(9)11-8-14-12(17-11)6-7-13(15)16/h2-5,8H,6-7H2,1H3,(H,15,16). The molecule has 0 saturated heterocycles. The average molecular weight is 231 g/mol. The highest BCUT2D eigenvalue weighted by atomic mass is 16.4. The molecule has 1 aromatic heterocycles. The smallest absolute Gasteiger partial charge is 0.303 e. The Kier molecular flexibility index (Phi) is 3.23. The van der Waals surface area contributed by atoms with Crippen LogP contribution in [0.3, 0.4) is 0 Å². The summed E-state index contributed by atoms with van der Waals surface area (Å²) in [5, 5.41) is 8.57. The summed E-state index contributed by atoms with van der Waals surface area (Å²) in [6.07, 6.45) is 1.99. The van der Waals surface area contributed by atoms with E-state index >= 15 is 0 Å². The third kappa shape index (κ3) is 2.72. The van der Waals surface area contributed by atoms with Crippen LogP contribution in [-0.4, -0.2) is 16.1 Å². The SMILES string of the molecule is Cc1ccccc1-c1cnc(CCC(=O)O)o1. The molecule has 0 radical (unpaired) electrons. The second kappa shape index (κ2) is 4.82. The predicted molar refractivity (Wildman–Crippen MR) is 62.6 cm³/mol. The summed E-state index contributed by atoms with van der Waals surface area (Å²) in [5.74, 6) is 0.301. The van der Waals surface area contributed by atoms with Gasteiger partial charge in [0.15, 0.2) is 11.7 Å². The first-order valence-electron chi connectivity index (χ1n) is 5.39. The molecule has 1 aromatic carbocycles. The molecule has 0 aliphatic rings. The maximum absolute atomic E-state index is 10.4. The normalized spacial score (nSPS) is 10.4. The third-order valence-electron chi connectivity index (χ3n) is 2.52. The van der Waals surface area contributed by atoms with Gasteiger partial charge >= 0.3 is 5.97 Å². The lowest BCUT2D eigenvalue weighted by Gasteiger charge is -2.00. The molecule has 0 aliphatic carbocycles. The van der Waals surface area contributed by atoms with E-state index in [9.17, 15) is 4.79 Å². The zero-order chi connectivity index (χ0) is 12.3. The van der Waals surface area contributed by atoms with Crippen molar-refractivity contribution in [2.75, 3.05) is 0 Å². The van der Waals surface area contributed by atoms with Crippen molar-refractivity contribution in [2.45, 2.75) is 19.8 Å². The van der Waals surface area contributed by atoms with Crippen LogP contribution in [0.4, 0.5) is 0 Å². The number of carboxylic acid groups (broad SMARTS) is 1. The number of rotatable bonds is 4. The number of aromatic nitrogens is 1. The van der Waals surface area contributed by atoms with Crippen LogP contribution < -0.4 is 0 Å². The molecule has 0 fully saturated rings. The van der Waals surface area contributed by atoms with E-state index in [0.29, 0.717) is 18.1 Å². The van der Waals surface area contributed by atoms with Crippen molar-refractivity contribution >= 4 is 5.97 Å². The van der Waals surface area contributed by atoms with Crippen molar-refractivity contribution in [1.29, 1.82) is 0 Å². The van der Waals surface area contributed by atoms with Crippen molar-refractivity contribution in [3.63, 3.8) is 0 Å². The van der Waals surface area contributed by atoms with E-state index in [0.717, 1.165) is 11.1 Å². The number of aryl methyl sites for hydroxylation is 2. The molecule has 0 spiro atoms. The van der Waals surface area contributed by atoms with Gasteiger partial charge in [0.25, 0.3) is 0 Å². The molecule has 0 unspecified atom stereocenters. The first kappa shape index (κ1) is 11.4. The molecule has 1 N–H and O–H groups in total. The third-order valence-corrected chi connectivity index (χ3v) is 2.52. The number of oxazole rings is 1. The van der Waals surface area contributed by atoms with Crippen LogP contribution in [0.5, 0.6) is 0 Å². The van der Waals surface area contributed by atoms with Crippen LogP contribution in [-0.2, 0) is 11.2 Å². The summed E-state index contributed by atoms with van der Waals surface area (Å²) in [6, 6.07) is 7.84. The van der Waals surface area contributed by atoms with Crippen LogP contribution in [0.2, 0.25) is 0 Å². The summed E-state index contributed by atoms with van der Waals surface area (Å²) in [6.45, 7) is 1.99. The highest BCUT2D eigenvalue weighted by molar-refractivity contribution is 5.67. The minimum absolute atomic E-state index is 0.0354. The second-order valence-corrected chi connectivity index (χ2v) is 3.83. The maximum atomic E-state index is 10.4. The Morgan fingerprint density at radius 2 is 2.18 bits per heavy atom. The van der Waals surface area contributed by atoms with E-state index < -0.39 is 5.97 Å². The minimum Gasteiger partial charge on any atom is -0.481 e. The van der Waals surface area contributed by atoms with E-state index in [1.54, 1.807) is 6.20 Å². The molecule has 1 heterocycles. The summed E-state index contributed by atoms with van der Waals surface area (Å²) < 4.78 is 5.53. The lowest BCUT2D eigenvalue weighted by molar-refractivity contribution is -0.137. The van der Waals surface area contributed by atoms with Crippen molar-refractivity contribution in [3.05, 3.63) is 41.9 Å². The van der Waals surface area contributed by atoms with Crippen LogP contribution in [0.15, 0.2) is 34.9 Å². The van der Waals surface area contributed by atoms with E-state index in [1.807, 2.05) is 31.2 Å². The molecule has 0 aliphatic heterocycles. The van der Waals surface area contributed by atoms with E-state index in [-0.39, 0.29) is 6.42 Å². The Morgan fingerprint density at radius 3 is 2.88 bits per heavy atom. The second-order valence-electron chi connectivity index (χ2n) is 3.83. The van der Waals surface area contributed by atoms with Crippen LogP contribution in [0.1, 0.15) is 17.9 Å². The van der Waals surface area contributed by atoms with Gasteiger partial charge in [-0.3, -0.25) is 4.79 Å². The number of nitrogens with zero attached hydrogens (tertiary/aromatic N) is 1. The van der Waals surface area contributed by atoms with Gasteiger partial charge in [0.1, 0.15) is 0 Å². The van der Waals surface area contributed by atoms with Crippen molar-refractivity contribution in [3.8, 4) is 11.3 Å². The summed E-state index contributed by atoms with van der Waals surface area (Å²) in [5.41, 5.74) is 2.09. The fourth-order valence-corrected chi connectivity index (χ4v) is 1.61. The Morgan fingerprint density at radius 1 is 1.41 bits per heavy atom. The Hall–Kier alpha value is -2.10. The number of carbonyl (C=O) groups is 1. The average Bonchev–Trinajstić information content (AvgIpc) is 2.75. The van der Waals surface area contributed by atoms with Gasteiger partial charge in [-0.25, -0.2) is 4.98 Å². The highest BCUT2D eigenvalue weighted by Crippen LogP contribution is 2.23. The fraction of sp³-hybridized carbons (Fsp3) is 0.231. The molecule has 17 heavy (non-hydrogen) atoms. The highest BCUT2D eigenvalue weighted by Gasteiger charge is 2.09. The molecule has 0 saturated carbocycles. The quantitative estimate of drug-likeness (QED) is 0.878. The molecule has 0 amide bonds. The number of hydrogen-bond acceptors (Lipinski definition) is 3. The van der Waals surface area contributed by atoms with Crippen molar-refractivity contribution in [1.82, 2.24) is 4.98 Å². The number of carboxylic acids is 1. The first-order valence-corrected chi connectivity index (χ1v) is 5.39. The predicted octanol–water partition coefficient (Wildman–Crippen LogP) is 2.67. The molecule has 88 valence electrons. The lowest BCUT2D eigenvalue weighted by Crippen LogP contribution is -1.97. The van der Waals surface area contributed by atoms with Gasteiger partial charge < -0.3 is 9.52 Å². The summed E-state index contributed by atoms with van der Waals surface area (Å²) >= 11 is 0. The molecule has 4 nitrogen and oxygen atoms in total. The number of hydrogen-bond donors (Lipinski definition) is 1. The fourth-order valence-electron chi connectivity index (χ4n) is 1.61. The Labute approximate surface area is 98.9 Å². The molecular weight excluding hydrogens is 218 g/mol. The minimum atomic E-state index is -0.847. The topological polar surface area (TPSA) is 63.3 Å². The molecule has 0 bridgehead atoms. The van der Waals surface area contributed by atoms with Gasteiger partial charge in [0.2, 0.25) is 0 Å². The van der Waals surface area contributed by atoms with Gasteiger partial charge in [0, 0.05) is 12.0 Å². The van der Waals surface area contributed by atoms with Gasteiger partial charge in [-0.2, -0.15) is 0 Å². The van der Waals surface area contributed by atoms with Gasteiger partial charge in [-0.15, -0.1) is 0 Å². The van der Waals surface area contributed by atoms with E-state index in [4.69, 9.17) is 9.52 Å². The zero-order valence-corrected chi connectivity index (χ0v) is 9.51. The molecule has 2 aromatic rings. The van der Waals surface area contributed by atoms with Gasteiger partial charge in [0.05, 0.1) is 12.6 Å². The van der Waals surface area contributed by atoms with Gasteiger partial charge in [-0.1, -0.05) is 24.3 Å². The van der Waals surface area contributed by atoms with E-state index in [1.165, 1.54) is 0 Å². The van der Waals surface area contributed by atoms with Crippen LogP contribution in [0, 0.1) is 6.92 Å². The monoisotopic (exact) mass is 231 g/mol. The maximum Gasteiger partial charge on any atom is 0.303 e. The number of benzene rings is 1. The number of aliphatic carboxylic acids is 1. The summed E-state index contributed by atoms with van der Waals surface area (Å²) in [7, 11) is 0. The largest absolute Gasteiger partial charge is 0.481 e. The Bertz CT molecular complexity index is 531.